The minimum Gasteiger partial charge on any atom is -0.377 e. The third-order valence-electron chi connectivity index (χ3n) is 3.42. The fraction of sp³-hybridized carbons (Fsp3) is 0.929. The highest BCUT2D eigenvalue weighted by Crippen LogP contribution is 2.32. The summed E-state index contributed by atoms with van der Waals surface area (Å²) in [7, 11) is 0. The molecule has 1 heterocycles. The van der Waals surface area contributed by atoms with Gasteiger partial charge in [-0.25, -0.2) is 0 Å². The first-order chi connectivity index (χ1) is 8.50. The monoisotopic (exact) mass is 270 g/mol. The van der Waals surface area contributed by atoms with Gasteiger partial charge in [0.15, 0.2) is 0 Å². The Morgan fingerprint density at radius 1 is 1.61 bits per heavy atom. The van der Waals surface area contributed by atoms with Crippen molar-refractivity contribution < 1.29 is 4.74 Å². The maximum atomic E-state index is 9.33. The lowest BCUT2D eigenvalue weighted by Gasteiger charge is -2.28. The molecule has 3 nitrogen and oxygen atoms in total. The van der Waals surface area contributed by atoms with E-state index in [1.165, 1.54) is 0 Å². The Balaban J connectivity index is 2.41. The Morgan fingerprint density at radius 3 is 2.83 bits per heavy atom. The van der Waals surface area contributed by atoms with Crippen LogP contribution in [-0.2, 0) is 4.74 Å². The molecule has 0 amide bonds. The molecule has 1 fully saturated rings. The zero-order chi connectivity index (χ0) is 13.6. The summed E-state index contributed by atoms with van der Waals surface area (Å²) in [5, 5.41) is 13.8. The smallest absolute Gasteiger partial charge is 0.104 e. The molecule has 4 unspecified atom stereocenters. The lowest BCUT2D eigenvalue weighted by atomic mass is 9.98. The topological polar surface area (TPSA) is 45.0 Å². The van der Waals surface area contributed by atoms with Crippen molar-refractivity contribution in [1.29, 1.82) is 5.26 Å². The first kappa shape index (κ1) is 15.8. The predicted octanol–water partition coefficient (Wildman–Crippen LogP) is 2.96. The van der Waals surface area contributed by atoms with Crippen LogP contribution in [0.15, 0.2) is 0 Å². The van der Waals surface area contributed by atoms with Gasteiger partial charge in [-0.15, -0.1) is 0 Å². The molecule has 0 bridgehead atoms. The average molecular weight is 270 g/mol. The molecule has 0 radical (unpaired) electrons. The molecule has 1 rings (SSSR count). The van der Waals surface area contributed by atoms with Crippen LogP contribution in [0.3, 0.4) is 0 Å². The molecule has 0 aliphatic carbocycles. The van der Waals surface area contributed by atoms with Crippen LogP contribution in [0.25, 0.3) is 0 Å². The van der Waals surface area contributed by atoms with Crippen LogP contribution in [0.1, 0.15) is 47.0 Å². The van der Waals surface area contributed by atoms with Crippen LogP contribution < -0.4 is 5.32 Å². The highest BCUT2D eigenvalue weighted by Gasteiger charge is 2.30. The SMILES string of the molecule is CCCNC(C)(C#N)CC(C)SC1CCOC1C. The van der Waals surface area contributed by atoms with Crippen molar-refractivity contribution in [3.63, 3.8) is 0 Å². The van der Waals surface area contributed by atoms with Gasteiger partial charge in [0.1, 0.15) is 5.54 Å². The molecule has 1 N–H and O–H groups in total. The Labute approximate surface area is 116 Å². The summed E-state index contributed by atoms with van der Waals surface area (Å²) in [5.74, 6) is 0. The highest BCUT2D eigenvalue weighted by molar-refractivity contribution is 8.00. The van der Waals surface area contributed by atoms with E-state index in [0.717, 1.165) is 32.4 Å². The van der Waals surface area contributed by atoms with Gasteiger partial charge in [0, 0.05) is 17.1 Å². The third-order valence-corrected chi connectivity index (χ3v) is 5.02. The molecular weight excluding hydrogens is 244 g/mol. The van der Waals surface area contributed by atoms with Gasteiger partial charge >= 0.3 is 0 Å². The van der Waals surface area contributed by atoms with Crippen molar-refractivity contribution in [1.82, 2.24) is 5.32 Å². The van der Waals surface area contributed by atoms with Gasteiger partial charge in [-0.1, -0.05) is 13.8 Å². The fourth-order valence-corrected chi connectivity index (χ4v) is 3.93. The number of ether oxygens (including phenoxy) is 1. The molecule has 0 aromatic heterocycles. The van der Waals surface area contributed by atoms with Gasteiger partial charge in [0.25, 0.3) is 0 Å². The zero-order valence-corrected chi connectivity index (χ0v) is 12.8. The lowest BCUT2D eigenvalue weighted by molar-refractivity contribution is 0.127. The van der Waals surface area contributed by atoms with Crippen molar-refractivity contribution in [3.05, 3.63) is 0 Å². The summed E-state index contributed by atoms with van der Waals surface area (Å²) >= 11 is 1.97. The molecule has 0 aromatic rings. The van der Waals surface area contributed by atoms with E-state index in [9.17, 15) is 5.26 Å². The normalized spacial score (nSPS) is 28.6. The fourth-order valence-electron chi connectivity index (χ4n) is 2.37. The predicted molar refractivity (Wildman–Crippen MR) is 77.8 cm³/mol. The van der Waals surface area contributed by atoms with Crippen molar-refractivity contribution >= 4 is 11.8 Å². The van der Waals surface area contributed by atoms with Gasteiger partial charge in [-0.2, -0.15) is 17.0 Å². The average Bonchev–Trinajstić information content (AvgIpc) is 2.72. The number of nitrogens with one attached hydrogen (secondary N) is 1. The van der Waals surface area contributed by atoms with Crippen LogP contribution in [0, 0.1) is 11.3 Å². The van der Waals surface area contributed by atoms with Gasteiger partial charge in [0.2, 0.25) is 0 Å². The van der Waals surface area contributed by atoms with Crippen LogP contribution >= 0.6 is 11.8 Å². The van der Waals surface area contributed by atoms with Crippen LogP contribution in [0.2, 0.25) is 0 Å². The lowest BCUT2D eigenvalue weighted by Crippen LogP contribution is -2.43. The van der Waals surface area contributed by atoms with Crippen LogP contribution in [-0.4, -0.2) is 35.3 Å². The van der Waals surface area contributed by atoms with E-state index in [-0.39, 0.29) is 0 Å². The summed E-state index contributed by atoms with van der Waals surface area (Å²) < 4.78 is 5.59. The summed E-state index contributed by atoms with van der Waals surface area (Å²) in [6.45, 7) is 10.3. The summed E-state index contributed by atoms with van der Waals surface area (Å²) in [6, 6.07) is 2.42. The van der Waals surface area contributed by atoms with E-state index >= 15 is 0 Å². The Kier molecular flexibility index (Phi) is 6.48. The van der Waals surface area contributed by atoms with Gasteiger partial charge < -0.3 is 4.74 Å². The second-order valence-electron chi connectivity index (χ2n) is 5.42. The maximum absolute atomic E-state index is 9.33. The van der Waals surface area contributed by atoms with E-state index < -0.39 is 5.54 Å². The summed E-state index contributed by atoms with van der Waals surface area (Å²) in [5.41, 5.74) is -0.398. The molecule has 0 spiro atoms. The summed E-state index contributed by atoms with van der Waals surface area (Å²) in [4.78, 5) is 0. The van der Waals surface area contributed by atoms with E-state index in [2.05, 4.69) is 32.2 Å². The number of hydrogen-bond acceptors (Lipinski definition) is 4. The highest BCUT2D eigenvalue weighted by atomic mass is 32.2. The number of hydrogen-bond donors (Lipinski definition) is 1. The molecule has 1 saturated heterocycles. The largest absolute Gasteiger partial charge is 0.377 e. The van der Waals surface area contributed by atoms with E-state index in [1.54, 1.807) is 0 Å². The van der Waals surface area contributed by atoms with Gasteiger partial charge in [0.05, 0.1) is 12.2 Å². The molecule has 0 saturated carbocycles. The number of nitrogens with zero attached hydrogens (tertiary/aromatic N) is 1. The van der Waals surface area contributed by atoms with Gasteiger partial charge in [-0.3, -0.25) is 5.32 Å². The zero-order valence-electron chi connectivity index (χ0n) is 12.0. The molecule has 104 valence electrons. The van der Waals surface area contributed by atoms with Crippen molar-refractivity contribution in [3.8, 4) is 6.07 Å². The van der Waals surface area contributed by atoms with E-state index in [4.69, 9.17) is 4.74 Å². The Bertz CT molecular complexity index is 292. The number of rotatable bonds is 7. The first-order valence-corrected chi connectivity index (χ1v) is 7.88. The summed E-state index contributed by atoms with van der Waals surface area (Å²) in [6.07, 6.45) is 3.44. The molecule has 4 atom stereocenters. The second kappa shape index (κ2) is 7.37. The van der Waals surface area contributed by atoms with Crippen molar-refractivity contribution in [2.24, 2.45) is 0 Å². The number of thioether (sulfide) groups is 1. The molecule has 0 aromatic carbocycles. The van der Waals surface area contributed by atoms with E-state index in [0.29, 0.717) is 16.6 Å². The molecule has 4 heteroatoms. The third kappa shape index (κ3) is 4.79. The van der Waals surface area contributed by atoms with Crippen molar-refractivity contribution in [2.75, 3.05) is 13.2 Å². The standard InChI is InChI=1S/C14H26N2OS/c1-5-7-16-14(4,10-15)9-11(2)18-13-6-8-17-12(13)3/h11-13,16H,5-9H2,1-4H3. The quantitative estimate of drug-likeness (QED) is 0.772. The minimum atomic E-state index is -0.398. The maximum Gasteiger partial charge on any atom is 0.104 e. The first-order valence-electron chi connectivity index (χ1n) is 6.94. The molecule has 1 aliphatic rings. The minimum absolute atomic E-state index is 0.356. The molecular formula is C14H26N2OS. The van der Waals surface area contributed by atoms with Crippen LogP contribution in [0.4, 0.5) is 0 Å². The Hall–Kier alpha value is -0.240. The van der Waals surface area contributed by atoms with E-state index in [1.807, 2.05) is 18.7 Å². The number of nitriles is 1. The second-order valence-corrected chi connectivity index (χ2v) is 7.11. The molecule has 18 heavy (non-hydrogen) atoms. The molecule has 1 aliphatic heterocycles. The van der Waals surface area contributed by atoms with Crippen molar-refractivity contribution in [2.45, 2.75) is 69.1 Å². The van der Waals surface area contributed by atoms with Crippen LogP contribution in [0.5, 0.6) is 0 Å². The van der Waals surface area contributed by atoms with Gasteiger partial charge in [-0.05, 0) is 39.7 Å². The Morgan fingerprint density at radius 2 is 2.33 bits per heavy atom.